The molecule has 9 heteroatoms. The van der Waals surface area contributed by atoms with Gasteiger partial charge in [-0.3, -0.25) is 4.79 Å². The number of benzene rings is 2. The van der Waals surface area contributed by atoms with Crippen LogP contribution in [0.25, 0.3) is 0 Å². The highest BCUT2D eigenvalue weighted by Crippen LogP contribution is 2.33. The van der Waals surface area contributed by atoms with Gasteiger partial charge in [0.05, 0.1) is 16.0 Å². The fourth-order valence-electron chi connectivity index (χ4n) is 2.53. The van der Waals surface area contributed by atoms with Gasteiger partial charge in [-0.25, -0.2) is 13.6 Å². The second kappa shape index (κ2) is 7.81. The van der Waals surface area contributed by atoms with Crippen molar-refractivity contribution in [1.82, 2.24) is 0 Å². The second-order valence-corrected chi connectivity index (χ2v) is 8.17. The van der Waals surface area contributed by atoms with E-state index in [-0.39, 0.29) is 10.7 Å². The molecule has 0 saturated carbocycles. The van der Waals surface area contributed by atoms with Gasteiger partial charge in [0.1, 0.15) is 5.75 Å². The molecule has 1 aliphatic rings. The molecule has 1 aliphatic heterocycles. The Morgan fingerprint density at radius 3 is 2.59 bits per heavy atom. The second-order valence-electron chi connectivity index (χ2n) is 5.69. The van der Waals surface area contributed by atoms with E-state index in [0.29, 0.717) is 29.2 Å². The molecule has 0 radical (unpaired) electrons. The van der Waals surface area contributed by atoms with Crippen molar-refractivity contribution in [3.05, 3.63) is 64.3 Å². The van der Waals surface area contributed by atoms with Crippen molar-refractivity contribution in [2.45, 2.75) is 18.1 Å². The fraction of sp³-hybridized carbons (Fsp3) is 0.167. The summed E-state index contributed by atoms with van der Waals surface area (Å²) in [4.78, 5) is 12.9. The van der Waals surface area contributed by atoms with Gasteiger partial charge in [-0.05, 0) is 49.4 Å². The van der Waals surface area contributed by atoms with Gasteiger partial charge in [-0.1, -0.05) is 15.9 Å². The number of primary sulfonamides is 1. The lowest BCUT2D eigenvalue weighted by Crippen LogP contribution is -2.33. The van der Waals surface area contributed by atoms with Gasteiger partial charge in [0.25, 0.3) is 0 Å². The molecule has 3 rings (SSSR count). The van der Waals surface area contributed by atoms with Crippen molar-refractivity contribution in [2.75, 3.05) is 11.9 Å². The third kappa shape index (κ3) is 4.38. The van der Waals surface area contributed by atoms with Gasteiger partial charge in [0.2, 0.25) is 22.1 Å². The van der Waals surface area contributed by atoms with Crippen LogP contribution in [-0.2, 0) is 14.8 Å². The zero-order valence-electron chi connectivity index (χ0n) is 14.3. The smallest absolute Gasteiger partial charge is 0.238 e. The van der Waals surface area contributed by atoms with Crippen LogP contribution in [0.3, 0.4) is 0 Å². The van der Waals surface area contributed by atoms with Gasteiger partial charge in [-0.2, -0.15) is 0 Å². The highest BCUT2D eigenvalue weighted by Gasteiger charge is 2.32. The molecule has 0 saturated heterocycles. The number of Topliss-reactive ketones (excluding diaryl/α,β-unsaturated/α-hetero) is 1. The Morgan fingerprint density at radius 2 is 1.96 bits per heavy atom. The van der Waals surface area contributed by atoms with E-state index in [9.17, 15) is 13.2 Å². The molecule has 1 atom stereocenters. The average molecular weight is 453 g/mol. The van der Waals surface area contributed by atoms with E-state index >= 15 is 0 Å². The summed E-state index contributed by atoms with van der Waals surface area (Å²) in [6.07, 6.45) is 0.658. The summed E-state index contributed by atoms with van der Waals surface area (Å²) in [6.45, 7) is 2.17. The predicted molar refractivity (Wildman–Crippen MR) is 104 cm³/mol. The maximum absolute atomic E-state index is 12.9. The van der Waals surface area contributed by atoms with Crippen LogP contribution in [0.4, 0.5) is 5.69 Å². The number of nitrogens with one attached hydrogen (secondary N) is 1. The minimum atomic E-state index is -3.76. The summed E-state index contributed by atoms with van der Waals surface area (Å²) in [7, 11) is -3.76. The number of ether oxygens (including phenoxy) is 2. The quantitative estimate of drug-likeness (QED) is 0.674. The fourth-order valence-corrected chi connectivity index (χ4v) is 3.41. The van der Waals surface area contributed by atoms with Crippen molar-refractivity contribution in [3.8, 4) is 5.75 Å². The van der Waals surface area contributed by atoms with Gasteiger partial charge >= 0.3 is 0 Å². The first-order valence-electron chi connectivity index (χ1n) is 8.01. The first-order chi connectivity index (χ1) is 12.8. The number of nitrogens with two attached hydrogens (primary N) is 1. The highest BCUT2D eigenvalue weighted by molar-refractivity contribution is 9.10. The van der Waals surface area contributed by atoms with Gasteiger partial charge in [0.15, 0.2) is 0 Å². The number of carbonyl (C=O) groups is 1. The zero-order valence-corrected chi connectivity index (χ0v) is 16.7. The number of anilines is 1. The van der Waals surface area contributed by atoms with E-state index in [1.807, 2.05) is 6.92 Å². The summed E-state index contributed by atoms with van der Waals surface area (Å²) in [6, 6.07) is 11.0. The Bertz CT molecular complexity index is 1000. The number of hydrogen-bond acceptors (Lipinski definition) is 6. The predicted octanol–water partition coefficient (Wildman–Crippen LogP) is 3.03. The summed E-state index contributed by atoms with van der Waals surface area (Å²) < 4.78 is 34.7. The van der Waals surface area contributed by atoms with Crippen molar-refractivity contribution in [3.63, 3.8) is 0 Å². The Hall–Kier alpha value is -2.20. The molecule has 0 aromatic heterocycles. The highest BCUT2D eigenvalue weighted by atomic mass is 79.9. The van der Waals surface area contributed by atoms with Crippen LogP contribution >= 0.6 is 15.9 Å². The number of hydrogen-bond donors (Lipinski definition) is 2. The standard InChI is InChI=1S/C18H17BrN2O5S/c1-2-25-18-15(17(22)14-9-11(19)3-8-16(14)26-18)10-21-12-4-6-13(7-5-12)27(20,23)24/h3-10,18,21H,2H2,1H3,(H2,20,23,24)/b15-10+. The van der Waals surface area contributed by atoms with Gasteiger partial charge in [-0.15, -0.1) is 0 Å². The normalized spacial score (nSPS) is 18.1. The molecule has 0 fully saturated rings. The number of ketones is 1. The van der Waals surface area contributed by atoms with Crippen molar-refractivity contribution < 1.29 is 22.7 Å². The molecule has 7 nitrogen and oxygen atoms in total. The number of sulfonamides is 1. The van der Waals surface area contributed by atoms with Crippen LogP contribution in [0.15, 0.2) is 63.6 Å². The third-order valence-corrected chi connectivity index (χ3v) is 5.25. The van der Waals surface area contributed by atoms with E-state index < -0.39 is 16.3 Å². The third-order valence-electron chi connectivity index (χ3n) is 3.83. The Balaban J connectivity index is 1.89. The maximum atomic E-state index is 12.9. The molecular formula is C18H17BrN2O5S. The lowest BCUT2D eigenvalue weighted by atomic mass is 10.00. The largest absolute Gasteiger partial charge is 0.460 e. The van der Waals surface area contributed by atoms with E-state index in [0.717, 1.165) is 4.47 Å². The minimum Gasteiger partial charge on any atom is -0.460 e. The van der Waals surface area contributed by atoms with E-state index in [1.54, 1.807) is 30.3 Å². The average Bonchev–Trinajstić information content (AvgIpc) is 2.62. The minimum absolute atomic E-state index is 0.00347. The van der Waals surface area contributed by atoms with Crippen LogP contribution in [0, 0.1) is 0 Å². The Morgan fingerprint density at radius 1 is 1.26 bits per heavy atom. The van der Waals surface area contributed by atoms with Gasteiger partial charge < -0.3 is 14.8 Å². The van der Waals surface area contributed by atoms with Crippen molar-refractivity contribution in [1.29, 1.82) is 0 Å². The van der Waals surface area contributed by atoms with E-state index in [1.165, 1.54) is 18.3 Å². The molecular weight excluding hydrogens is 436 g/mol. The molecule has 0 amide bonds. The summed E-state index contributed by atoms with van der Waals surface area (Å²) in [5.41, 5.74) is 1.31. The molecule has 1 unspecified atom stereocenters. The molecule has 0 aliphatic carbocycles. The Kier molecular flexibility index (Phi) is 5.66. The SMILES string of the molecule is CCOC1Oc2ccc(Br)cc2C(=O)/C1=C\Nc1ccc(S(N)(=O)=O)cc1. The lowest BCUT2D eigenvalue weighted by molar-refractivity contribution is -0.0509. The maximum Gasteiger partial charge on any atom is 0.238 e. The van der Waals surface area contributed by atoms with Crippen LogP contribution < -0.4 is 15.2 Å². The molecule has 3 N–H and O–H groups in total. The zero-order chi connectivity index (χ0) is 19.6. The van der Waals surface area contributed by atoms with Crippen LogP contribution in [0.1, 0.15) is 17.3 Å². The first-order valence-corrected chi connectivity index (χ1v) is 10.4. The number of carbonyl (C=O) groups excluding carboxylic acids is 1. The van der Waals surface area contributed by atoms with Crippen LogP contribution in [0.2, 0.25) is 0 Å². The van der Waals surface area contributed by atoms with Crippen LogP contribution in [0.5, 0.6) is 5.75 Å². The summed E-state index contributed by atoms with van der Waals surface area (Å²) in [5, 5.41) is 8.05. The molecule has 142 valence electrons. The topological polar surface area (TPSA) is 108 Å². The lowest BCUT2D eigenvalue weighted by Gasteiger charge is -2.27. The van der Waals surface area contributed by atoms with E-state index in [4.69, 9.17) is 14.6 Å². The summed E-state index contributed by atoms with van der Waals surface area (Å²) in [5.74, 6) is 0.237. The first kappa shape index (κ1) is 19.6. The number of rotatable bonds is 5. The molecule has 1 heterocycles. The number of halogens is 1. The Labute approximate surface area is 165 Å². The van der Waals surface area contributed by atoms with Gasteiger partial charge in [0, 0.05) is 23.0 Å². The number of fused-ring (bicyclic) bond motifs is 1. The molecule has 0 bridgehead atoms. The molecule has 0 spiro atoms. The van der Waals surface area contributed by atoms with Crippen molar-refractivity contribution >= 4 is 37.4 Å². The molecule has 2 aromatic carbocycles. The van der Waals surface area contributed by atoms with Crippen LogP contribution in [-0.4, -0.2) is 27.1 Å². The molecule has 2 aromatic rings. The van der Waals surface area contributed by atoms with E-state index in [2.05, 4.69) is 21.2 Å². The summed E-state index contributed by atoms with van der Waals surface area (Å²) >= 11 is 3.35. The monoisotopic (exact) mass is 452 g/mol. The molecule has 27 heavy (non-hydrogen) atoms. The van der Waals surface area contributed by atoms with Crippen molar-refractivity contribution in [2.24, 2.45) is 5.14 Å².